The van der Waals surface area contributed by atoms with Gasteiger partial charge in [-0.3, -0.25) is 9.59 Å². The van der Waals surface area contributed by atoms with Crippen molar-refractivity contribution in [1.82, 2.24) is 15.2 Å². The van der Waals surface area contributed by atoms with E-state index in [0.29, 0.717) is 24.5 Å². The maximum atomic E-state index is 13.4. The fourth-order valence-electron chi connectivity index (χ4n) is 4.50. The molecular weight excluding hydrogens is 464 g/mol. The third-order valence-corrected chi connectivity index (χ3v) is 6.84. The fraction of sp³-hybridized carbons (Fsp3) is 0.310. The summed E-state index contributed by atoms with van der Waals surface area (Å²) in [6.45, 7) is 5.93. The van der Waals surface area contributed by atoms with Crippen LogP contribution in [0.3, 0.4) is 0 Å². The Balaban J connectivity index is 1.44. The minimum Gasteiger partial charge on any atom is -0.357 e. The highest BCUT2D eigenvalue weighted by molar-refractivity contribution is 5.95. The standard InChI is InChI=1S/C29H32N6O2/c1-20(23-11-9-22(17-30)10-12-23)18-32-27(24-7-5-4-6-8-24)28(36)33-26-14-13-25(19-31-26)35-16-15-34(3)29(37)21(35)2/h4-14,19-21,27,32H,15-16,18H2,1-3H3,(H,31,33,36)/t20-,21?,27+/m1/s1. The van der Waals surface area contributed by atoms with E-state index in [1.54, 1.807) is 29.3 Å². The first kappa shape index (κ1) is 25.9. The Morgan fingerprint density at radius 2 is 1.81 bits per heavy atom. The van der Waals surface area contributed by atoms with E-state index in [-0.39, 0.29) is 23.8 Å². The Morgan fingerprint density at radius 1 is 1.08 bits per heavy atom. The Bertz CT molecular complexity index is 1250. The van der Waals surface area contributed by atoms with Gasteiger partial charge in [0.1, 0.15) is 17.9 Å². The average Bonchev–Trinajstić information content (AvgIpc) is 2.93. The number of likely N-dealkylation sites (N-methyl/N-ethyl adjacent to an activating group) is 1. The molecule has 2 N–H and O–H groups in total. The molecule has 0 saturated carbocycles. The highest BCUT2D eigenvalue weighted by Crippen LogP contribution is 2.23. The van der Waals surface area contributed by atoms with Crippen LogP contribution in [0, 0.1) is 11.3 Å². The summed E-state index contributed by atoms with van der Waals surface area (Å²) >= 11 is 0. The Labute approximate surface area is 217 Å². The highest BCUT2D eigenvalue weighted by atomic mass is 16.2. The fourth-order valence-corrected chi connectivity index (χ4v) is 4.50. The SMILES string of the molecule is CC1C(=O)N(C)CCN1c1ccc(NC(=O)[C@@H](NC[C@@H](C)c2ccc(C#N)cc2)c2ccccc2)nc1. The van der Waals surface area contributed by atoms with Crippen molar-refractivity contribution in [1.29, 1.82) is 5.26 Å². The molecule has 8 nitrogen and oxygen atoms in total. The quantitative estimate of drug-likeness (QED) is 0.493. The molecule has 1 aliphatic rings. The van der Waals surface area contributed by atoms with E-state index in [2.05, 4.69) is 28.6 Å². The van der Waals surface area contributed by atoms with Gasteiger partial charge in [0.25, 0.3) is 0 Å². The zero-order chi connectivity index (χ0) is 26.4. The van der Waals surface area contributed by atoms with Crippen LogP contribution in [-0.2, 0) is 9.59 Å². The first-order valence-electron chi connectivity index (χ1n) is 12.4. The number of nitrogens with zero attached hydrogens (tertiary/aromatic N) is 4. The molecule has 0 bridgehead atoms. The summed E-state index contributed by atoms with van der Waals surface area (Å²) < 4.78 is 0. The number of anilines is 2. The van der Waals surface area contributed by atoms with Crippen molar-refractivity contribution < 1.29 is 9.59 Å². The van der Waals surface area contributed by atoms with Gasteiger partial charge < -0.3 is 20.4 Å². The van der Waals surface area contributed by atoms with Crippen LogP contribution in [0.5, 0.6) is 0 Å². The summed E-state index contributed by atoms with van der Waals surface area (Å²) in [6.07, 6.45) is 1.70. The molecule has 2 aromatic carbocycles. The van der Waals surface area contributed by atoms with E-state index in [1.165, 1.54) is 0 Å². The molecule has 8 heteroatoms. The predicted molar refractivity (Wildman–Crippen MR) is 144 cm³/mol. The van der Waals surface area contributed by atoms with Crippen molar-refractivity contribution in [2.75, 3.05) is 36.9 Å². The van der Waals surface area contributed by atoms with Crippen molar-refractivity contribution >= 4 is 23.3 Å². The number of aromatic nitrogens is 1. The summed E-state index contributed by atoms with van der Waals surface area (Å²) in [7, 11) is 1.81. The molecule has 1 fully saturated rings. The lowest BCUT2D eigenvalue weighted by atomic mass is 9.98. The predicted octanol–water partition coefficient (Wildman–Crippen LogP) is 3.69. The summed E-state index contributed by atoms with van der Waals surface area (Å²) in [5.41, 5.74) is 3.42. The van der Waals surface area contributed by atoms with Crippen LogP contribution in [0.4, 0.5) is 11.5 Å². The number of carbonyl (C=O) groups is 2. The van der Waals surface area contributed by atoms with Crippen LogP contribution >= 0.6 is 0 Å². The van der Waals surface area contributed by atoms with E-state index in [1.807, 2.05) is 67.4 Å². The van der Waals surface area contributed by atoms with E-state index in [0.717, 1.165) is 23.4 Å². The maximum Gasteiger partial charge on any atom is 0.247 e. The van der Waals surface area contributed by atoms with Crippen LogP contribution in [0.15, 0.2) is 72.9 Å². The number of nitrogens with one attached hydrogen (secondary N) is 2. The lowest BCUT2D eigenvalue weighted by molar-refractivity contribution is -0.132. The van der Waals surface area contributed by atoms with Crippen LogP contribution < -0.4 is 15.5 Å². The average molecular weight is 497 g/mol. The molecule has 1 aliphatic heterocycles. The van der Waals surface area contributed by atoms with E-state index >= 15 is 0 Å². The topological polar surface area (TPSA) is 101 Å². The summed E-state index contributed by atoms with van der Waals surface area (Å²) in [6, 6.07) is 22.1. The van der Waals surface area contributed by atoms with Gasteiger partial charge in [0, 0.05) is 26.7 Å². The molecule has 37 heavy (non-hydrogen) atoms. The van der Waals surface area contributed by atoms with Crippen LogP contribution in [0.25, 0.3) is 0 Å². The molecule has 3 aromatic rings. The smallest absolute Gasteiger partial charge is 0.247 e. The lowest BCUT2D eigenvalue weighted by Crippen LogP contribution is -2.54. The Kier molecular flexibility index (Phi) is 8.16. The molecule has 1 saturated heterocycles. The first-order chi connectivity index (χ1) is 17.9. The molecule has 1 aromatic heterocycles. The summed E-state index contributed by atoms with van der Waals surface area (Å²) in [5.74, 6) is 0.458. The van der Waals surface area contributed by atoms with E-state index in [9.17, 15) is 9.59 Å². The number of benzene rings is 2. The van der Waals surface area contributed by atoms with Crippen molar-refractivity contribution in [3.63, 3.8) is 0 Å². The monoisotopic (exact) mass is 496 g/mol. The molecule has 0 aliphatic carbocycles. The van der Waals surface area contributed by atoms with Crippen molar-refractivity contribution in [3.05, 3.63) is 89.6 Å². The Hall–Kier alpha value is -4.22. The van der Waals surface area contributed by atoms with Crippen molar-refractivity contribution in [2.24, 2.45) is 0 Å². The van der Waals surface area contributed by atoms with Gasteiger partial charge in [0.05, 0.1) is 23.5 Å². The number of pyridine rings is 1. The summed E-state index contributed by atoms with van der Waals surface area (Å²) in [4.78, 5) is 33.9. The molecule has 4 rings (SSSR count). The third-order valence-electron chi connectivity index (χ3n) is 6.84. The Morgan fingerprint density at radius 3 is 2.46 bits per heavy atom. The van der Waals surface area contributed by atoms with Crippen LogP contribution in [0.2, 0.25) is 0 Å². The number of nitriles is 1. The largest absolute Gasteiger partial charge is 0.357 e. The molecule has 0 radical (unpaired) electrons. The van der Waals surface area contributed by atoms with Crippen LogP contribution in [-0.4, -0.2) is 54.4 Å². The second-order valence-electron chi connectivity index (χ2n) is 9.41. The van der Waals surface area contributed by atoms with E-state index < -0.39 is 6.04 Å². The third kappa shape index (κ3) is 6.13. The van der Waals surface area contributed by atoms with Gasteiger partial charge in [-0.15, -0.1) is 0 Å². The number of piperazine rings is 1. The van der Waals surface area contributed by atoms with Crippen molar-refractivity contribution in [2.45, 2.75) is 31.8 Å². The minimum atomic E-state index is -0.571. The van der Waals surface area contributed by atoms with Crippen molar-refractivity contribution in [3.8, 4) is 6.07 Å². The molecule has 2 heterocycles. The zero-order valence-corrected chi connectivity index (χ0v) is 21.4. The van der Waals surface area contributed by atoms with Gasteiger partial charge in [-0.05, 0) is 48.2 Å². The number of rotatable bonds is 8. The summed E-state index contributed by atoms with van der Waals surface area (Å²) in [5, 5.41) is 15.4. The van der Waals surface area contributed by atoms with Crippen LogP contribution in [0.1, 0.15) is 42.5 Å². The van der Waals surface area contributed by atoms with Gasteiger partial charge in [-0.2, -0.15) is 5.26 Å². The lowest BCUT2D eigenvalue weighted by Gasteiger charge is -2.38. The first-order valence-corrected chi connectivity index (χ1v) is 12.4. The van der Waals surface area contributed by atoms with Gasteiger partial charge in [-0.25, -0.2) is 4.98 Å². The van der Waals surface area contributed by atoms with Gasteiger partial charge >= 0.3 is 0 Å². The second kappa shape index (κ2) is 11.7. The molecule has 1 unspecified atom stereocenters. The second-order valence-corrected chi connectivity index (χ2v) is 9.41. The number of hydrogen-bond acceptors (Lipinski definition) is 6. The highest BCUT2D eigenvalue weighted by Gasteiger charge is 2.29. The molecular formula is C29H32N6O2. The van der Waals surface area contributed by atoms with Gasteiger partial charge in [0.15, 0.2) is 0 Å². The molecule has 3 atom stereocenters. The molecule has 190 valence electrons. The number of hydrogen-bond donors (Lipinski definition) is 2. The number of carbonyl (C=O) groups excluding carboxylic acids is 2. The minimum absolute atomic E-state index is 0.0793. The molecule has 0 spiro atoms. The van der Waals surface area contributed by atoms with Gasteiger partial charge in [0.2, 0.25) is 11.8 Å². The molecule has 2 amide bonds. The number of amides is 2. The zero-order valence-electron chi connectivity index (χ0n) is 21.4. The van der Waals surface area contributed by atoms with E-state index in [4.69, 9.17) is 5.26 Å². The maximum absolute atomic E-state index is 13.4. The van der Waals surface area contributed by atoms with Gasteiger partial charge in [-0.1, -0.05) is 49.4 Å². The normalized spacial score (nSPS) is 17.1.